The Hall–Kier alpha value is -1.62. The summed E-state index contributed by atoms with van der Waals surface area (Å²) in [6.45, 7) is 3.48. The second-order valence-electron chi connectivity index (χ2n) is 4.41. The van der Waals surface area contributed by atoms with Crippen LogP contribution in [0.15, 0.2) is 18.3 Å². The van der Waals surface area contributed by atoms with Crippen molar-refractivity contribution >= 4 is 11.8 Å². The third kappa shape index (κ3) is 2.74. The van der Waals surface area contributed by atoms with Crippen LogP contribution in [0.5, 0.6) is 0 Å². The highest BCUT2D eigenvalue weighted by molar-refractivity contribution is 5.90. The first-order valence-corrected chi connectivity index (χ1v) is 5.53. The molecule has 5 nitrogen and oxygen atoms in total. The zero-order valence-corrected chi connectivity index (χ0v) is 10.0. The smallest absolute Gasteiger partial charge is 0.338 e. The molecule has 1 aromatic heterocycles. The Bertz CT molecular complexity index is 414. The van der Waals surface area contributed by atoms with Crippen LogP contribution in [-0.4, -0.2) is 36.8 Å². The first-order chi connectivity index (χ1) is 8.13. The van der Waals surface area contributed by atoms with Gasteiger partial charge in [0, 0.05) is 12.8 Å². The van der Waals surface area contributed by atoms with Crippen LogP contribution in [0.2, 0.25) is 0 Å². The third-order valence-electron chi connectivity index (χ3n) is 2.83. The second kappa shape index (κ2) is 4.71. The maximum atomic E-state index is 11.4. The van der Waals surface area contributed by atoms with Crippen molar-refractivity contribution in [2.75, 3.05) is 25.6 Å². The number of aromatic nitrogens is 1. The van der Waals surface area contributed by atoms with Crippen LogP contribution in [-0.2, 0) is 9.47 Å². The summed E-state index contributed by atoms with van der Waals surface area (Å²) in [5, 5.41) is 3.29. The number of carbonyl (C=O) groups is 1. The van der Waals surface area contributed by atoms with Crippen LogP contribution in [0.3, 0.4) is 0 Å². The van der Waals surface area contributed by atoms with Crippen molar-refractivity contribution in [2.45, 2.75) is 18.9 Å². The molecule has 0 radical (unpaired) electrons. The molecule has 1 atom stereocenters. The fourth-order valence-electron chi connectivity index (χ4n) is 1.82. The molecule has 0 amide bonds. The predicted octanol–water partition coefficient (Wildman–Crippen LogP) is 1.46. The number of carbonyl (C=O) groups excluding carboxylic acids is 1. The van der Waals surface area contributed by atoms with Crippen molar-refractivity contribution in [3.05, 3.63) is 23.9 Å². The topological polar surface area (TPSA) is 60.5 Å². The number of esters is 1. The summed E-state index contributed by atoms with van der Waals surface area (Å²) in [5.41, 5.74) is 0.384. The van der Waals surface area contributed by atoms with E-state index in [-0.39, 0.29) is 11.5 Å². The summed E-state index contributed by atoms with van der Waals surface area (Å²) in [6, 6.07) is 3.32. The Labute approximate surface area is 100 Å². The monoisotopic (exact) mass is 236 g/mol. The summed E-state index contributed by atoms with van der Waals surface area (Å²) in [6.07, 6.45) is 2.52. The van der Waals surface area contributed by atoms with Gasteiger partial charge in [-0.2, -0.15) is 0 Å². The predicted molar refractivity (Wildman–Crippen MR) is 63.0 cm³/mol. The van der Waals surface area contributed by atoms with Crippen molar-refractivity contribution in [3.63, 3.8) is 0 Å². The number of nitrogens with one attached hydrogen (secondary N) is 1. The van der Waals surface area contributed by atoms with E-state index in [4.69, 9.17) is 4.74 Å². The molecule has 1 N–H and O–H groups in total. The van der Waals surface area contributed by atoms with Crippen LogP contribution in [0.4, 0.5) is 5.82 Å². The van der Waals surface area contributed by atoms with Crippen molar-refractivity contribution in [3.8, 4) is 0 Å². The van der Waals surface area contributed by atoms with Gasteiger partial charge in [-0.3, -0.25) is 0 Å². The highest BCUT2D eigenvalue weighted by Gasteiger charge is 2.29. The molecule has 1 aromatic rings. The lowest BCUT2D eigenvalue weighted by atomic mass is 10.0. The van der Waals surface area contributed by atoms with Gasteiger partial charge in [-0.25, -0.2) is 9.78 Å². The average molecular weight is 236 g/mol. The molecule has 0 spiro atoms. The molecule has 1 aliphatic heterocycles. The average Bonchev–Trinajstić information content (AvgIpc) is 2.75. The van der Waals surface area contributed by atoms with Crippen molar-refractivity contribution in [2.24, 2.45) is 0 Å². The Morgan fingerprint density at radius 3 is 3.12 bits per heavy atom. The minimum atomic E-state index is -0.358. The van der Waals surface area contributed by atoms with Gasteiger partial charge in [0.15, 0.2) is 0 Å². The summed E-state index contributed by atoms with van der Waals surface area (Å²) >= 11 is 0. The minimum absolute atomic E-state index is 0.109. The van der Waals surface area contributed by atoms with E-state index < -0.39 is 0 Å². The number of hydrogen-bond donors (Lipinski definition) is 1. The molecule has 0 aliphatic carbocycles. The van der Waals surface area contributed by atoms with Gasteiger partial charge in [0.25, 0.3) is 0 Å². The lowest BCUT2D eigenvalue weighted by Crippen LogP contribution is -2.35. The standard InChI is InChI=1S/C12H16N2O3/c1-12(4-6-17-8-12)14-10-7-9(3-5-13-10)11(15)16-2/h3,5,7H,4,6,8H2,1-2H3,(H,13,14). The van der Waals surface area contributed by atoms with Gasteiger partial charge in [-0.15, -0.1) is 0 Å². The molecule has 2 heterocycles. The van der Waals surface area contributed by atoms with Crippen molar-refractivity contribution in [1.82, 2.24) is 4.98 Å². The maximum Gasteiger partial charge on any atom is 0.338 e. The fourth-order valence-corrected chi connectivity index (χ4v) is 1.82. The third-order valence-corrected chi connectivity index (χ3v) is 2.83. The largest absolute Gasteiger partial charge is 0.465 e. The number of nitrogens with zero attached hydrogens (tertiary/aromatic N) is 1. The highest BCUT2D eigenvalue weighted by Crippen LogP contribution is 2.23. The molecule has 17 heavy (non-hydrogen) atoms. The van der Waals surface area contributed by atoms with E-state index in [1.807, 2.05) is 0 Å². The molecule has 0 aromatic carbocycles. The summed E-state index contributed by atoms with van der Waals surface area (Å²) in [7, 11) is 1.36. The second-order valence-corrected chi connectivity index (χ2v) is 4.41. The van der Waals surface area contributed by atoms with Gasteiger partial charge in [0.2, 0.25) is 0 Å². The molecule has 0 saturated carbocycles. The van der Waals surface area contributed by atoms with Crippen molar-refractivity contribution in [1.29, 1.82) is 0 Å². The van der Waals surface area contributed by atoms with Crippen LogP contribution in [0.1, 0.15) is 23.7 Å². The lowest BCUT2D eigenvalue weighted by Gasteiger charge is -2.24. The van der Waals surface area contributed by atoms with Crippen LogP contribution in [0.25, 0.3) is 0 Å². The summed E-state index contributed by atoms with van der Waals surface area (Å²) in [4.78, 5) is 15.6. The number of pyridine rings is 1. The zero-order chi connectivity index (χ0) is 12.3. The molecule has 0 bridgehead atoms. The Morgan fingerprint density at radius 1 is 1.65 bits per heavy atom. The molecule has 1 fully saturated rings. The van der Waals surface area contributed by atoms with Gasteiger partial charge >= 0.3 is 5.97 Å². The van der Waals surface area contributed by atoms with Gasteiger partial charge in [0.1, 0.15) is 5.82 Å². The quantitative estimate of drug-likeness (QED) is 0.805. The first kappa shape index (κ1) is 11.9. The van der Waals surface area contributed by atoms with Crippen LogP contribution in [0, 0.1) is 0 Å². The van der Waals surface area contributed by atoms with Crippen molar-refractivity contribution < 1.29 is 14.3 Å². The zero-order valence-electron chi connectivity index (χ0n) is 10.0. The van der Waals surface area contributed by atoms with Gasteiger partial charge in [-0.05, 0) is 25.5 Å². The van der Waals surface area contributed by atoms with E-state index >= 15 is 0 Å². The number of anilines is 1. The van der Waals surface area contributed by atoms with Crippen LogP contribution >= 0.6 is 0 Å². The molecule has 1 aliphatic rings. The lowest BCUT2D eigenvalue weighted by molar-refractivity contribution is 0.0600. The summed E-state index contributed by atoms with van der Waals surface area (Å²) < 4.78 is 10.0. The molecule has 92 valence electrons. The Kier molecular flexibility index (Phi) is 3.28. The van der Waals surface area contributed by atoms with E-state index in [1.165, 1.54) is 7.11 Å². The Balaban J connectivity index is 2.13. The number of methoxy groups -OCH3 is 1. The van der Waals surface area contributed by atoms with Gasteiger partial charge < -0.3 is 14.8 Å². The normalized spacial score (nSPS) is 23.4. The van der Waals surface area contributed by atoms with E-state index in [0.717, 1.165) is 13.0 Å². The number of rotatable bonds is 3. The SMILES string of the molecule is COC(=O)c1ccnc(NC2(C)CCOC2)c1. The number of ether oxygens (including phenoxy) is 2. The van der Waals surface area contributed by atoms with E-state index in [9.17, 15) is 4.79 Å². The molecular formula is C12H16N2O3. The molecule has 1 unspecified atom stereocenters. The van der Waals surface area contributed by atoms with E-state index in [2.05, 4.69) is 22.0 Å². The van der Waals surface area contributed by atoms with Gasteiger partial charge in [-0.1, -0.05) is 0 Å². The number of hydrogen-bond acceptors (Lipinski definition) is 5. The first-order valence-electron chi connectivity index (χ1n) is 5.53. The highest BCUT2D eigenvalue weighted by atomic mass is 16.5. The molecule has 2 rings (SSSR count). The minimum Gasteiger partial charge on any atom is -0.465 e. The molecular weight excluding hydrogens is 220 g/mol. The fraction of sp³-hybridized carbons (Fsp3) is 0.500. The molecule has 1 saturated heterocycles. The maximum absolute atomic E-state index is 11.4. The Morgan fingerprint density at radius 2 is 2.47 bits per heavy atom. The van der Waals surface area contributed by atoms with Crippen LogP contribution < -0.4 is 5.32 Å². The summed E-state index contributed by atoms with van der Waals surface area (Å²) in [5.74, 6) is 0.309. The molecule has 5 heteroatoms. The van der Waals surface area contributed by atoms with E-state index in [0.29, 0.717) is 18.0 Å². The van der Waals surface area contributed by atoms with E-state index in [1.54, 1.807) is 18.3 Å². The van der Waals surface area contributed by atoms with Gasteiger partial charge in [0.05, 0.1) is 24.8 Å².